The van der Waals surface area contributed by atoms with Crippen molar-refractivity contribution in [1.82, 2.24) is 0 Å². The Morgan fingerprint density at radius 2 is 0.529 bits per heavy atom. The zero-order valence-corrected chi connectivity index (χ0v) is 32.0. The number of phenolic OH excluding ortho intramolecular Hbond substituents is 2. The maximum Gasteiger partial charge on any atom is 0.160 e. The first-order valence-electron chi connectivity index (χ1n) is 13.1. The molecule has 0 unspecified atom stereocenters. The first-order valence-corrected chi connectivity index (χ1v) is 34.1. The third-order valence-electron chi connectivity index (χ3n) is 8.71. The molecule has 0 aliphatic heterocycles. The van der Waals surface area contributed by atoms with Crippen molar-refractivity contribution in [2.75, 3.05) is 0 Å². The minimum absolute atomic E-state index is 0.0350. The SMILES string of the molecule is C[Si](C)(C)C(c1ccc(C([Si](C)(C)C)([Si](C)(C)C)[Si](C)(C)C)c(O)c1O)([Si](C)(C)C)[Si](C)(C)C. The van der Waals surface area contributed by atoms with E-state index in [9.17, 15) is 10.2 Å². The Hall–Kier alpha value is 0.121. The van der Waals surface area contributed by atoms with E-state index in [1.165, 1.54) is 0 Å². The molecule has 0 saturated heterocycles. The summed E-state index contributed by atoms with van der Waals surface area (Å²) in [5.41, 5.74) is 2.14. The molecule has 1 rings (SSSR count). The van der Waals surface area contributed by atoms with Crippen LogP contribution in [0.2, 0.25) is 118 Å². The highest BCUT2D eigenvalue weighted by Crippen LogP contribution is 2.58. The molecule has 1 aromatic rings. The van der Waals surface area contributed by atoms with E-state index >= 15 is 0 Å². The van der Waals surface area contributed by atoms with Gasteiger partial charge in [0.15, 0.2) is 11.5 Å². The molecule has 0 radical (unpaired) electrons. The van der Waals surface area contributed by atoms with Crippen LogP contribution < -0.4 is 0 Å². The van der Waals surface area contributed by atoms with Gasteiger partial charge in [-0.05, 0) is 19.7 Å². The average Bonchev–Trinajstić information content (AvgIpc) is 2.46. The maximum atomic E-state index is 12.0. The summed E-state index contributed by atoms with van der Waals surface area (Å²) < 4.78 is 0.0699. The van der Waals surface area contributed by atoms with Crippen molar-refractivity contribution in [2.24, 2.45) is 0 Å². The summed E-state index contributed by atoms with van der Waals surface area (Å²) in [6.45, 7) is 44.8. The molecular weight excluding hydrogens is 513 g/mol. The maximum absolute atomic E-state index is 12.0. The number of phenols is 2. The molecule has 198 valence electrons. The minimum atomic E-state index is -1.80. The largest absolute Gasteiger partial charge is 0.504 e. The van der Waals surface area contributed by atoms with Crippen molar-refractivity contribution >= 4 is 48.4 Å². The lowest BCUT2D eigenvalue weighted by atomic mass is 10.1. The Kier molecular flexibility index (Phi) is 8.37. The second-order valence-corrected chi connectivity index (χ2v) is 51.4. The van der Waals surface area contributed by atoms with E-state index in [-0.39, 0.29) is 20.1 Å². The first-order chi connectivity index (χ1) is 14.5. The third kappa shape index (κ3) is 4.50. The van der Waals surface area contributed by atoms with Gasteiger partial charge in [0.1, 0.15) is 0 Å². The fourth-order valence-corrected chi connectivity index (χ4v) is 70.4. The normalized spacial score (nSPS) is 15.6. The number of aromatic hydroxyl groups is 2. The van der Waals surface area contributed by atoms with Crippen molar-refractivity contribution < 1.29 is 10.2 Å². The van der Waals surface area contributed by atoms with Crippen molar-refractivity contribution in [3.05, 3.63) is 23.3 Å². The fourth-order valence-electron chi connectivity index (χ4n) is 10.4. The molecule has 0 atom stereocenters. The zero-order chi connectivity index (χ0) is 27.7. The predicted molar refractivity (Wildman–Crippen MR) is 173 cm³/mol. The van der Waals surface area contributed by atoms with Crippen LogP contribution in [0.15, 0.2) is 12.1 Å². The van der Waals surface area contributed by atoms with Gasteiger partial charge in [-0.25, -0.2) is 0 Å². The zero-order valence-electron chi connectivity index (χ0n) is 26.0. The molecular formula is C26H58O2Si6. The highest BCUT2D eigenvalue weighted by molar-refractivity contribution is 7.15. The van der Waals surface area contributed by atoms with Gasteiger partial charge in [-0.2, -0.15) is 0 Å². The summed E-state index contributed by atoms with van der Waals surface area (Å²) in [5, 5.41) is 24.1. The topological polar surface area (TPSA) is 40.5 Å². The summed E-state index contributed by atoms with van der Waals surface area (Å²) in [6.07, 6.45) is 0. The van der Waals surface area contributed by atoms with Gasteiger partial charge in [-0.3, -0.25) is 0 Å². The number of hydrogen-bond donors (Lipinski definition) is 2. The molecule has 2 nitrogen and oxygen atoms in total. The van der Waals surface area contributed by atoms with Crippen LogP contribution in [0, 0.1) is 0 Å². The van der Waals surface area contributed by atoms with E-state index in [0.29, 0.717) is 0 Å². The molecule has 0 aromatic heterocycles. The molecule has 34 heavy (non-hydrogen) atoms. The first kappa shape index (κ1) is 32.2. The number of hydrogen-bond acceptors (Lipinski definition) is 2. The fraction of sp³-hybridized carbons (Fsp3) is 0.769. The summed E-state index contributed by atoms with van der Waals surface area (Å²) in [4.78, 5) is 0. The van der Waals surface area contributed by atoms with E-state index in [0.717, 1.165) is 11.1 Å². The highest BCUT2D eigenvalue weighted by Gasteiger charge is 2.64. The quantitative estimate of drug-likeness (QED) is 0.242. The van der Waals surface area contributed by atoms with Gasteiger partial charge in [0.05, 0.1) is 48.4 Å². The van der Waals surface area contributed by atoms with Crippen LogP contribution in [0.1, 0.15) is 11.1 Å². The number of rotatable bonds is 8. The molecule has 0 fully saturated rings. The van der Waals surface area contributed by atoms with Gasteiger partial charge in [0.2, 0.25) is 0 Å². The van der Waals surface area contributed by atoms with Crippen molar-refractivity contribution in [3.63, 3.8) is 0 Å². The van der Waals surface area contributed by atoms with E-state index < -0.39 is 48.4 Å². The standard InChI is InChI=1S/C26H58O2Si6/c1-29(2,3)25(30(4,5)6,31(7,8)9)21-19-20-22(24(28)23(21)27)26(32(10,11)12,33(13,14)15)34(16,17)18/h19-20,27-28H,1-18H3. The van der Waals surface area contributed by atoms with Gasteiger partial charge < -0.3 is 10.2 Å². The van der Waals surface area contributed by atoms with Crippen LogP contribution >= 0.6 is 0 Å². The van der Waals surface area contributed by atoms with Gasteiger partial charge in [0, 0.05) is 0 Å². The Bertz CT molecular complexity index is 751. The lowest BCUT2D eigenvalue weighted by molar-refractivity contribution is 0.394. The second-order valence-electron chi connectivity index (χ2n) is 16.9. The lowest BCUT2D eigenvalue weighted by Crippen LogP contribution is -2.75. The van der Waals surface area contributed by atoms with Crippen molar-refractivity contribution in [2.45, 2.75) is 126 Å². The minimum Gasteiger partial charge on any atom is -0.504 e. The molecule has 0 bridgehead atoms. The van der Waals surface area contributed by atoms with Gasteiger partial charge in [-0.1, -0.05) is 130 Å². The molecule has 0 saturated carbocycles. The molecule has 2 N–H and O–H groups in total. The van der Waals surface area contributed by atoms with Crippen LogP contribution in [-0.2, 0) is 8.57 Å². The second kappa shape index (κ2) is 8.86. The average molecular weight is 571 g/mol. The number of benzene rings is 1. The smallest absolute Gasteiger partial charge is 0.160 e. The van der Waals surface area contributed by atoms with Crippen molar-refractivity contribution in [3.8, 4) is 11.5 Å². The molecule has 1 aromatic carbocycles. The van der Waals surface area contributed by atoms with Crippen LogP contribution in [0.3, 0.4) is 0 Å². The Balaban J connectivity index is 4.40. The van der Waals surface area contributed by atoms with E-state index in [1.54, 1.807) is 0 Å². The molecule has 0 heterocycles. The van der Waals surface area contributed by atoms with Gasteiger partial charge in [0.25, 0.3) is 0 Å². The predicted octanol–water partition coefficient (Wildman–Crippen LogP) is 8.84. The summed E-state index contributed by atoms with van der Waals surface area (Å²) in [5.74, 6) is 0.424. The molecule has 8 heteroatoms. The summed E-state index contributed by atoms with van der Waals surface area (Å²) >= 11 is 0. The van der Waals surface area contributed by atoms with Gasteiger partial charge in [-0.15, -0.1) is 0 Å². The molecule has 0 aliphatic carbocycles. The van der Waals surface area contributed by atoms with Crippen LogP contribution in [0.25, 0.3) is 0 Å². The van der Waals surface area contributed by atoms with Crippen molar-refractivity contribution in [1.29, 1.82) is 0 Å². The van der Waals surface area contributed by atoms with E-state index in [1.807, 2.05) is 0 Å². The van der Waals surface area contributed by atoms with Crippen LogP contribution in [0.5, 0.6) is 11.5 Å². The monoisotopic (exact) mass is 570 g/mol. The highest BCUT2D eigenvalue weighted by atomic mass is 28.5. The Labute approximate surface area is 219 Å². The van der Waals surface area contributed by atoms with Crippen LogP contribution in [-0.4, -0.2) is 58.7 Å². The van der Waals surface area contributed by atoms with E-state index in [4.69, 9.17) is 0 Å². The Morgan fingerprint density at radius 3 is 0.647 bits per heavy atom. The molecule has 0 spiro atoms. The van der Waals surface area contributed by atoms with E-state index in [2.05, 4.69) is 130 Å². The third-order valence-corrected chi connectivity index (χ3v) is 50.8. The summed E-state index contributed by atoms with van der Waals surface area (Å²) in [6, 6.07) is 4.60. The molecule has 0 aliphatic rings. The molecule has 0 amide bonds. The summed E-state index contributed by atoms with van der Waals surface area (Å²) in [7, 11) is -10.8. The lowest BCUT2D eigenvalue weighted by Gasteiger charge is -2.61. The van der Waals surface area contributed by atoms with Gasteiger partial charge >= 0.3 is 0 Å². The Morgan fingerprint density at radius 1 is 0.382 bits per heavy atom. The van der Waals surface area contributed by atoms with Crippen LogP contribution in [0.4, 0.5) is 0 Å².